The van der Waals surface area contributed by atoms with E-state index in [1.54, 1.807) is 6.20 Å². The monoisotopic (exact) mass is 286 g/mol. The Morgan fingerprint density at radius 2 is 2.10 bits per heavy atom. The van der Waals surface area contributed by atoms with E-state index in [4.69, 9.17) is 0 Å². The van der Waals surface area contributed by atoms with E-state index in [9.17, 15) is 4.39 Å². The summed E-state index contributed by atoms with van der Waals surface area (Å²) in [7, 11) is 0. The number of hydrazine groups is 1. The van der Waals surface area contributed by atoms with E-state index < -0.39 is 0 Å². The van der Waals surface area contributed by atoms with Gasteiger partial charge >= 0.3 is 0 Å². The molecule has 1 aliphatic heterocycles. The van der Waals surface area contributed by atoms with Crippen molar-refractivity contribution in [2.45, 2.75) is 12.6 Å². The summed E-state index contributed by atoms with van der Waals surface area (Å²) in [6.45, 7) is 2.55. The molecule has 0 spiro atoms. The molecule has 110 valence electrons. The van der Waals surface area contributed by atoms with Gasteiger partial charge in [0.25, 0.3) is 0 Å². The zero-order valence-corrected chi connectivity index (χ0v) is 11.7. The molecule has 0 bridgehead atoms. The second kappa shape index (κ2) is 6.76. The van der Waals surface area contributed by atoms with E-state index in [0.29, 0.717) is 5.92 Å². The normalized spacial score (nSPS) is 21.6. The van der Waals surface area contributed by atoms with Gasteiger partial charge in [-0.05, 0) is 29.3 Å². The largest absolute Gasteiger partial charge is 0.312 e. The quantitative estimate of drug-likeness (QED) is 0.784. The lowest BCUT2D eigenvalue weighted by Gasteiger charge is -2.19. The average Bonchev–Trinajstić information content (AvgIpc) is 2.99. The predicted molar refractivity (Wildman–Crippen MR) is 79.7 cm³/mol. The number of rotatable bonds is 5. The molecule has 0 aliphatic carbocycles. The van der Waals surface area contributed by atoms with E-state index in [1.807, 2.05) is 24.4 Å². The Morgan fingerprint density at radius 3 is 2.86 bits per heavy atom. The summed E-state index contributed by atoms with van der Waals surface area (Å²) in [6.07, 6.45) is 3.69. The van der Waals surface area contributed by atoms with E-state index in [0.717, 1.165) is 25.2 Å². The third kappa shape index (κ3) is 3.64. The molecule has 0 amide bonds. The first-order chi connectivity index (χ1) is 10.3. The minimum Gasteiger partial charge on any atom is -0.312 e. The minimum atomic E-state index is -0.195. The van der Waals surface area contributed by atoms with Crippen molar-refractivity contribution < 1.29 is 4.39 Å². The number of pyridine rings is 1. The van der Waals surface area contributed by atoms with Gasteiger partial charge in [-0.2, -0.15) is 0 Å². The second-order valence-electron chi connectivity index (χ2n) is 5.31. The Hall–Kier alpha value is -1.82. The first kappa shape index (κ1) is 14.1. The first-order valence-corrected chi connectivity index (χ1v) is 7.16. The highest BCUT2D eigenvalue weighted by Gasteiger charge is 2.27. The summed E-state index contributed by atoms with van der Waals surface area (Å²) < 4.78 is 12.9. The molecule has 1 aromatic carbocycles. The summed E-state index contributed by atoms with van der Waals surface area (Å²) in [6, 6.07) is 10.9. The van der Waals surface area contributed by atoms with Crippen molar-refractivity contribution in [3.05, 3.63) is 65.7 Å². The number of nitrogens with zero attached hydrogens (tertiary/aromatic N) is 1. The van der Waals surface area contributed by atoms with Gasteiger partial charge in [-0.1, -0.05) is 18.2 Å². The van der Waals surface area contributed by atoms with Crippen molar-refractivity contribution in [3.63, 3.8) is 0 Å². The van der Waals surface area contributed by atoms with Crippen LogP contribution in [0.15, 0.2) is 48.8 Å². The lowest BCUT2D eigenvalue weighted by molar-refractivity contribution is 0.441. The molecule has 21 heavy (non-hydrogen) atoms. The third-order valence-electron chi connectivity index (χ3n) is 3.79. The summed E-state index contributed by atoms with van der Waals surface area (Å²) >= 11 is 0. The highest BCUT2D eigenvalue weighted by molar-refractivity contribution is 5.17. The van der Waals surface area contributed by atoms with Crippen molar-refractivity contribution in [3.8, 4) is 0 Å². The number of benzene rings is 1. The van der Waals surface area contributed by atoms with Crippen LogP contribution in [0.2, 0.25) is 0 Å². The molecule has 1 aliphatic rings. The van der Waals surface area contributed by atoms with Crippen LogP contribution in [-0.2, 0) is 6.54 Å². The van der Waals surface area contributed by atoms with Gasteiger partial charge in [0.2, 0.25) is 0 Å². The molecule has 0 radical (unpaired) electrons. The van der Waals surface area contributed by atoms with Gasteiger partial charge in [-0.3, -0.25) is 10.4 Å². The number of halogens is 1. The van der Waals surface area contributed by atoms with Crippen LogP contribution in [-0.4, -0.2) is 18.1 Å². The summed E-state index contributed by atoms with van der Waals surface area (Å²) in [5, 5.41) is 3.44. The highest BCUT2D eigenvalue weighted by Crippen LogP contribution is 2.23. The predicted octanol–water partition coefficient (Wildman–Crippen LogP) is 1.78. The smallest absolute Gasteiger partial charge is 0.123 e. The Bertz CT molecular complexity index is 558. The molecule has 2 atom stereocenters. The van der Waals surface area contributed by atoms with Gasteiger partial charge in [0, 0.05) is 37.9 Å². The second-order valence-corrected chi connectivity index (χ2v) is 5.31. The van der Waals surface area contributed by atoms with Gasteiger partial charge in [0.1, 0.15) is 5.82 Å². The number of hydrogen-bond donors (Lipinski definition) is 3. The molecule has 2 aromatic rings. The Morgan fingerprint density at radius 1 is 1.24 bits per heavy atom. The van der Waals surface area contributed by atoms with Crippen molar-refractivity contribution in [1.82, 2.24) is 21.2 Å². The van der Waals surface area contributed by atoms with Crippen LogP contribution in [0.3, 0.4) is 0 Å². The standard InChI is InChI=1S/C16H19FN4/c17-15-5-3-12(4-6-15)8-19-10-14-11-20-21-16(14)13-2-1-7-18-9-13/h1-7,9,14,16,19-21H,8,10-11H2. The number of hydrogen-bond acceptors (Lipinski definition) is 4. The SMILES string of the molecule is Fc1ccc(CNCC2CNNC2c2cccnc2)cc1. The van der Waals surface area contributed by atoms with E-state index in [2.05, 4.69) is 27.2 Å². The molecule has 2 unspecified atom stereocenters. The lowest BCUT2D eigenvalue weighted by Crippen LogP contribution is -2.28. The summed E-state index contributed by atoms with van der Waals surface area (Å²) in [5.41, 5.74) is 8.79. The average molecular weight is 286 g/mol. The third-order valence-corrected chi connectivity index (χ3v) is 3.79. The van der Waals surface area contributed by atoms with Crippen LogP contribution in [0, 0.1) is 11.7 Å². The van der Waals surface area contributed by atoms with Crippen LogP contribution in [0.5, 0.6) is 0 Å². The Kier molecular flexibility index (Phi) is 4.55. The molecule has 5 heteroatoms. The van der Waals surface area contributed by atoms with Gasteiger partial charge in [-0.25, -0.2) is 9.82 Å². The maximum Gasteiger partial charge on any atom is 0.123 e. The van der Waals surface area contributed by atoms with Crippen molar-refractivity contribution in [2.75, 3.05) is 13.1 Å². The van der Waals surface area contributed by atoms with Crippen LogP contribution in [0.1, 0.15) is 17.2 Å². The maximum atomic E-state index is 12.9. The van der Waals surface area contributed by atoms with Crippen molar-refractivity contribution in [2.24, 2.45) is 5.92 Å². The molecule has 0 saturated carbocycles. The topological polar surface area (TPSA) is 49.0 Å². The highest BCUT2D eigenvalue weighted by atomic mass is 19.1. The molecule has 1 fully saturated rings. The van der Waals surface area contributed by atoms with Crippen LogP contribution < -0.4 is 16.2 Å². The van der Waals surface area contributed by atoms with E-state index >= 15 is 0 Å². The fourth-order valence-electron chi connectivity index (χ4n) is 2.65. The van der Waals surface area contributed by atoms with E-state index in [-0.39, 0.29) is 11.9 Å². The fraction of sp³-hybridized carbons (Fsp3) is 0.312. The summed E-state index contributed by atoms with van der Waals surface area (Å²) in [5.74, 6) is 0.259. The first-order valence-electron chi connectivity index (χ1n) is 7.16. The number of aromatic nitrogens is 1. The molecular weight excluding hydrogens is 267 g/mol. The summed E-state index contributed by atoms with van der Waals surface area (Å²) in [4.78, 5) is 4.18. The van der Waals surface area contributed by atoms with Crippen LogP contribution in [0.4, 0.5) is 4.39 Å². The van der Waals surface area contributed by atoms with E-state index in [1.165, 1.54) is 17.7 Å². The van der Waals surface area contributed by atoms with Crippen molar-refractivity contribution in [1.29, 1.82) is 0 Å². The van der Waals surface area contributed by atoms with Crippen molar-refractivity contribution >= 4 is 0 Å². The van der Waals surface area contributed by atoms with Gasteiger partial charge in [0.15, 0.2) is 0 Å². The Balaban J connectivity index is 1.53. The number of nitrogens with one attached hydrogen (secondary N) is 3. The minimum absolute atomic E-state index is 0.195. The van der Waals surface area contributed by atoms with Gasteiger partial charge in [0.05, 0.1) is 6.04 Å². The molecule has 3 rings (SSSR count). The molecule has 3 N–H and O–H groups in total. The molecular formula is C16H19FN4. The Labute approximate surface area is 123 Å². The van der Waals surface area contributed by atoms with Crippen LogP contribution >= 0.6 is 0 Å². The molecule has 2 heterocycles. The maximum absolute atomic E-state index is 12.9. The molecule has 1 saturated heterocycles. The molecule has 1 aromatic heterocycles. The van der Waals surface area contributed by atoms with Gasteiger partial charge in [-0.15, -0.1) is 0 Å². The lowest BCUT2D eigenvalue weighted by atomic mass is 9.96. The fourth-order valence-corrected chi connectivity index (χ4v) is 2.65. The van der Waals surface area contributed by atoms with Crippen LogP contribution in [0.25, 0.3) is 0 Å². The zero-order valence-electron chi connectivity index (χ0n) is 11.7. The van der Waals surface area contributed by atoms with Gasteiger partial charge < -0.3 is 5.32 Å². The zero-order chi connectivity index (χ0) is 14.5. The molecule has 4 nitrogen and oxygen atoms in total.